The number of fused-ring (bicyclic) bond motifs is 1. The van der Waals surface area contributed by atoms with Crippen LogP contribution in [0, 0.1) is 0 Å². The van der Waals surface area contributed by atoms with E-state index in [1.807, 2.05) is 12.1 Å². The highest BCUT2D eigenvalue weighted by atomic mass is 35.5. The lowest BCUT2D eigenvalue weighted by molar-refractivity contribution is -0.123. The maximum atomic E-state index is 11.3. The fourth-order valence-corrected chi connectivity index (χ4v) is 2.97. The highest BCUT2D eigenvalue weighted by Gasteiger charge is 2.14. The van der Waals surface area contributed by atoms with Gasteiger partial charge in [0.1, 0.15) is 6.29 Å². The summed E-state index contributed by atoms with van der Waals surface area (Å²) in [5.41, 5.74) is 0.857. The summed E-state index contributed by atoms with van der Waals surface area (Å²) in [6.07, 6.45) is 1.51. The molecule has 1 unspecified atom stereocenters. The Morgan fingerprint density at radius 1 is 1.58 bits per heavy atom. The highest BCUT2D eigenvalue weighted by molar-refractivity contribution is 7.18. The molecule has 0 bridgehead atoms. The van der Waals surface area contributed by atoms with Gasteiger partial charge in [-0.15, -0.1) is 11.3 Å². The van der Waals surface area contributed by atoms with Crippen molar-refractivity contribution < 1.29 is 9.59 Å². The zero-order valence-electron chi connectivity index (χ0n) is 10.4. The second-order valence-corrected chi connectivity index (χ2v) is 5.64. The Hall–Kier alpha value is -1.46. The van der Waals surface area contributed by atoms with Crippen molar-refractivity contribution in [3.05, 3.63) is 28.2 Å². The van der Waals surface area contributed by atoms with Gasteiger partial charge < -0.3 is 10.1 Å². The van der Waals surface area contributed by atoms with E-state index < -0.39 is 6.04 Å². The van der Waals surface area contributed by atoms with Gasteiger partial charge in [-0.2, -0.15) is 0 Å². The Kier molecular flexibility index (Phi) is 4.50. The van der Waals surface area contributed by atoms with Gasteiger partial charge in [-0.3, -0.25) is 4.79 Å². The number of hydrogen-bond donors (Lipinski definition) is 1. The summed E-state index contributed by atoms with van der Waals surface area (Å²) < 4.78 is 0.981. The average molecular weight is 297 g/mol. The van der Waals surface area contributed by atoms with E-state index in [2.05, 4.69) is 10.3 Å². The SMILES string of the molecule is CCC(=O)NC(C=O)Cc1nc2ccc(Cl)cc2s1. The lowest BCUT2D eigenvalue weighted by Crippen LogP contribution is -2.37. The van der Waals surface area contributed by atoms with Gasteiger partial charge in [0, 0.05) is 17.9 Å². The van der Waals surface area contributed by atoms with E-state index in [0.717, 1.165) is 21.5 Å². The van der Waals surface area contributed by atoms with Gasteiger partial charge >= 0.3 is 0 Å². The van der Waals surface area contributed by atoms with E-state index in [0.29, 0.717) is 17.9 Å². The molecule has 1 heterocycles. The molecule has 0 radical (unpaired) electrons. The standard InChI is InChI=1S/C13H13ClN2O2S/c1-2-12(18)15-9(7-17)6-13-16-10-4-3-8(14)5-11(10)19-13/h3-5,7,9H,2,6H2,1H3,(H,15,18). The van der Waals surface area contributed by atoms with E-state index in [4.69, 9.17) is 11.6 Å². The van der Waals surface area contributed by atoms with Crippen LogP contribution in [0.2, 0.25) is 5.02 Å². The minimum Gasteiger partial charge on any atom is -0.346 e. The largest absolute Gasteiger partial charge is 0.346 e. The van der Waals surface area contributed by atoms with Gasteiger partial charge in [-0.25, -0.2) is 4.98 Å². The number of carbonyl (C=O) groups excluding carboxylic acids is 2. The quantitative estimate of drug-likeness (QED) is 0.863. The summed E-state index contributed by atoms with van der Waals surface area (Å²) in [6.45, 7) is 1.75. The Balaban J connectivity index is 2.15. The number of hydrogen-bond acceptors (Lipinski definition) is 4. The molecule has 0 saturated heterocycles. The van der Waals surface area contributed by atoms with Crippen LogP contribution in [0.1, 0.15) is 18.4 Å². The molecular formula is C13H13ClN2O2S. The number of nitrogens with one attached hydrogen (secondary N) is 1. The van der Waals surface area contributed by atoms with Crippen molar-refractivity contribution >= 4 is 45.3 Å². The lowest BCUT2D eigenvalue weighted by Gasteiger charge is -2.09. The summed E-state index contributed by atoms with van der Waals surface area (Å²) in [7, 11) is 0. The smallest absolute Gasteiger partial charge is 0.220 e. The molecule has 6 heteroatoms. The van der Waals surface area contributed by atoms with Crippen molar-refractivity contribution in [2.75, 3.05) is 0 Å². The second kappa shape index (κ2) is 6.12. The van der Waals surface area contributed by atoms with Crippen molar-refractivity contribution in [2.24, 2.45) is 0 Å². The predicted molar refractivity (Wildman–Crippen MR) is 76.6 cm³/mol. The molecule has 2 aromatic rings. The Bertz CT molecular complexity index is 612. The number of benzene rings is 1. The molecule has 1 N–H and O–H groups in total. The molecular weight excluding hydrogens is 284 g/mol. The van der Waals surface area contributed by atoms with E-state index in [9.17, 15) is 9.59 Å². The van der Waals surface area contributed by atoms with Crippen LogP contribution in [0.3, 0.4) is 0 Å². The second-order valence-electron chi connectivity index (χ2n) is 4.09. The number of halogens is 1. The zero-order valence-corrected chi connectivity index (χ0v) is 11.9. The third-order valence-electron chi connectivity index (χ3n) is 2.62. The van der Waals surface area contributed by atoms with E-state index in [1.54, 1.807) is 13.0 Å². The van der Waals surface area contributed by atoms with Crippen LogP contribution in [-0.2, 0) is 16.0 Å². The average Bonchev–Trinajstić information content (AvgIpc) is 2.79. The first-order chi connectivity index (χ1) is 9.12. The van der Waals surface area contributed by atoms with Gasteiger partial charge in [0.25, 0.3) is 0 Å². The molecule has 19 heavy (non-hydrogen) atoms. The van der Waals surface area contributed by atoms with Crippen LogP contribution in [0.15, 0.2) is 18.2 Å². The first-order valence-corrected chi connectivity index (χ1v) is 7.11. The van der Waals surface area contributed by atoms with Crippen LogP contribution in [-0.4, -0.2) is 23.2 Å². The molecule has 0 aliphatic rings. The fraction of sp³-hybridized carbons (Fsp3) is 0.308. The number of nitrogens with zero attached hydrogens (tertiary/aromatic N) is 1. The minimum absolute atomic E-state index is 0.138. The predicted octanol–water partition coefficient (Wildman–Crippen LogP) is 2.59. The molecule has 1 amide bonds. The molecule has 0 fully saturated rings. The Morgan fingerprint density at radius 3 is 3.05 bits per heavy atom. The van der Waals surface area contributed by atoms with Gasteiger partial charge in [0.2, 0.25) is 5.91 Å². The molecule has 2 rings (SSSR count). The minimum atomic E-state index is -0.525. The Labute approximate surface area is 119 Å². The lowest BCUT2D eigenvalue weighted by atomic mass is 10.2. The third kappa shape index (κ3) is 3.52. The summed E-state index contributed by atoms with van der Waals surface area (Å²) in [5.74, 6) is -0.138. The fourth-order valence-electron chi connectivity index (χ4n) is 1.66. The monoisotopic (exact) mass is 296 g/mol. The van der Waals surface area contributed by atoms with Gasteiger partial charge in [-0.05, 0) is 18.2 Å². The highest BCUT2D eigenvalue weighted by Crippen LogP contribution is 2.25. The zero-order chi connectivity index (χ0) is 13.8. The molecule has 0 aliphatic carbocycles. The van der Waals surface area contributed by atoms with Crippen LogP contribution in [0.4, 0.5) is 0 Å². The molecule has 0 aliphatic heterocycles. The summed E-state index contributed by atoms with van der Waals surface area (Å²) >= 11 is 7.40. The van der Waals surface area contributed by atoms with E-state index in [-0.39, 0.29) is 5.91 Å². The normalized spacial score (nSPS) is 12.3. The van der Waals surface area contributed by atoms with Crippen molar-refractivity contribution in [3.8, 4) is 0 Å². The number of carbonyl (C=O) groups is 2. The maximum Gasteiger partial charge on any atom is 0.220 e. The summed E-state index contributed by atoms with van der Waals surface area (Å²) in [5, 5.41) is 4.13. The molecule has 100 valence electrons. The van der Waals surface area contributed by atoms with Crippen LogP contribution < -0.4 is 5.32 Å². The maximum absolute atomic E-state index is 11.3. The van der Waals surface area contributed by atoms with Gasteiger partial charge in [0.15, 0.2) is 0 Å². The molecule has 1 aromatic carbocycles. The van der Waals surface area contributed by atoms with Crippen LogP contribution in [0.25, 0.3) is 10.2 Å². The molecule has 4 nitrogen and oxygen atoms in total. The number of amides is 1. The van der Waals surface area contributed by atoms with Gasteiger partial charge in [0.05, 0.1) is 21.3 Å². The third-order valence-corrected chi connectivity index (χ3v) is 3.90. The van der Waals surface area contributed by atoms with Crippen LogP contribution in [0.5, 0.6) is 0 Å². The van der Waals surface area contributed by atoms with Crippen LogP contribution >= 0.6 is 22.9 Å². The first-order valence-electron chi connectivity index (χ1n) is 5.92. The Morgan fingerprint density at radius 2 is 2.37 bits per heavy atom. The van der Waals surface area contributed by atoms with Crippen molar-refractivity contribution in [1.29, 1.82) is 0 Å². The molecule has 0 spiro atoms. The first kappa shape index (κ1) is 14.0. The van der Waals surface area contributed by atoms with Crippen molar-refractivity contribution in [2.45, 2.75) is 25.8 Å². The number of aromatic nitrogens is 1. The van der Waals surface area contributed by atoms with Crippen molar-refractivity contribution in [3.63, 3.8) is 0 Å². The van der Waals surface area contributed by atoms with E-state index in [1.165, 1.54) is 11.3 Å². The summed E-state index contributed by atoms with van der Waals surface area (Å²) in [4.78, 5) is 26.7. The molecule has 1 atom stereocenters. The van der Waals surface area contributed by atoms with E-state index >= 15 is 0 Å². The number of aldehydes is 1. The number of thiazole rings is 1. The van der Waals surface area contributed by atoms with Crippen molar-refractivity contribution in [1.82, 2.24) is 10.3 Å². The topological polar surface area (TPSA) is 59.1 Å². The molecule has 1 aromatic heterocycles. The summed E-state index contributed by atoms with van der Waals surface area (Å²) in [6, 6.07) is 4.95. The molecule has 0 saturated carbocycles. The van der Waals surface area contributed by atoms with Gasteiger partial charge in [-0.1, -0.05) is 18.5 Å². The number of rotatable bonds is 5.